The zero-order valence-corrected chi connectivity index (χ0v) is 14.4. The number of nitrogens with zero attached hydrogens (tertiary/aromatic N) is 3. The molecule has 6 nitrogen and oxygen atoms in total. The van der Waals surface area contributed by atoms with Gasteiger partial charge in [0, 0.05) is 44.5 Å². The van der Waals surface area contributed by atoms with Gasteiger partial charge in [-0.15, -0.1) is 0 Å². The van der Waals surface area contributed by atoms with Crippen molar-refractivity contribution in [1.82, 2.24) is 14.8 Å². The van der Waals surface area contributed by atoms with E-state index < -0.39 is 5.41 Å². The number of piperidine rings is 1. The summed E-state index contributed by atoms with van der Waals surface area (Å²) in [4.78, 5) is 33.6. The van der Waals surface area contributed by atoms with Crippen molar-refractivity contribution in [2.75, 3.05) is 19.6 Å². The van der Waals surface area contributed by atoms with Crippen LogP contribution in [0.2, 0.25) is 0 Å². The van der Waals surface area contributed by atoms with Gasteiger partial charge in [-0.1, -0.05) is 0 Å². The van der Waals surface area contributed by atoms with Crippen LogP contribution in [-0.4, -0.2) is 57.4 Å². The molecule has 0 bridgehead atoms. The molecule has 1 aromatic heterocycles. The van der Waals surface area contributed by atoms with Crippen LogP contribution in [0.1, 0.15) is 37.7 Å². The summed E-state index contributed by atoms with van der Waals surface area (Å²) in [5.74, 6) is 0.273. The maximum Gasteiger partial charge on any atom is 0.230 e. The molecule has 2 saturated heterocycles. The van der Waals surface area contributed by atoms with Crippen LogP contribution in [0.25, 0.3) is 0 Å². The lowest BCUT2D eigenvalue weighted by Crippen LogP contribution is -2.53. The van der Waals surface area contributed by atoms with Crippen molar-refractivity contribution in [3.8, 4) is 0 Å². The van der Waals surface area contributed by atoms with Crippen LogP contribution in [0.5, 0.6) is 0 Å². The van der Waals surface area contributed by atoms with Gasteiger partial charge in [-0.05, 0) is 49.8 Å². The predicted octanol–water partition coefficient (Wildman–Crippen LogP) is 1.19. The molecule has 1 atom stereocenters. The topological polar surface area (TPSA) is 73.7 Å². The number of hydrogen-bond donors (Lipinski definition) is 1. The number of hydrogen-bond acceptors (Lipinski definition) is 4. The standard InChI is InChI=1S/C19H25N3O3/c23-16-10-15(11-16)17(24)22-8-1-4-19(13-22)5-9-21(18(19)25)12-14-2-6-20-7-3-14/h2-3,6-7,15-16,23H,1,4-5,8-13H2. The van der Waals surface area contributed by atoms with Gasteiger partial charge in [0.05, 0.1) is 11.5 Å². The molecule has 1 spiro atoms. The van der Waals surface area contributed by atoms with Crippen LogP contribution in [0.4, 0.5) is 0 Å². The maximum absolute atomic E-state index is 13.1. The Hall–Kier alpha value is -1.95. The third-order valence-corrected chi connectivity index (χ3v) is 6.07. The highest BCUT2D eigenvalue weighted by Gasteiger charge is 2.50. The zero-order chi connectivity index (χ0) is 17.4. The Bertz CT molecular complexity index is 659. The number of aromatic nitrogens is 1. The number of rotatable bonds is 3. The van der Waals surface area contributed by atoms with Crippen molar-refractivity contribution in [3.63, 3.8) is 0 Å². The minimum atomic E-state index is -0.400. The molecule has 4 rings (SSSR count). The lowest BCUT2D eigenvalue weighted by molar-refractivity contribution is -0.150. The fourth-order valence-electron chi connectivity index (χ4n) is 4.50. The van der Waals surface area contributed by atoms with E-state index in [9.17, 15) is 14.7 Å². The first-order valence-corrected chi connectivity index (χ1v) is 9.22. The van der Waals surface area contributed by atoms with Crippen LogP contribution < -0.4 is 0 Å². The van der Waals surface area contributed by atoms with Gasteiger partial charge in [-0.25, -0.2) is 0 Å². The smallest absolute Gasteiger partial charge is 0.230 e. The second kappa shape index (κ2) is 6.41. The van der Waals surface area contributed by atoms with Crippen LogP contribution in [0.15, 0.2) is 24.5 Å². The van der Waals surface area contributed by atoms with Crippen molar-refractivity contribution in [2.45, 2.75) is 44.8 Å². The third kappa shape index (κ3) is 3.03. The van der Waals surface area contributed by atoms with E-state index in [2.05, 4.69) is 4.98 Å². The van der Waals surface area contributed by atoms with Crippen molar-refractivity contribution >= 4 is 11.8 Å². The summed E-state index contributed by atoms with van der Waals surface area (Å²) in [5.41, 5.74) is 0.691. The number of amides is 2. The Morgan fingerprint density at radius 3 is 2.72 bits per heavy atom. The molecule has 3 aliphatic rings. The number of aliphatic hydroxyl groups excluding tert-OH is 1. The summed E-state index contributed by atoms with van der Waals surface area (Å²) >= 11 is 0. The van der Waals surface area contributed by atoms with E-state index in [-0.39, 0.29) is 23.8 Å². The van der Waals surface area contributed by atoms with Crippen LogP contribution >= 0.6 is 0 Å². The largest absolute Gasteiger partial charge is 0.393 e. The Balaban J connectivity index is 1.43. The molecule has 2 aliphatic heterocycles. The highest BCUT2D eigenvalue weighted by Crippen LogP contribution is 2.42. The van der Waals surface area contributed by atoms with E-state index in [0.29, 0.717) is 25.9 Å². The number of likely N-dealkylation sites (tertiary alicyclic amines) is 2. The first kappa shape index (κ1) is 16.5. The van der Waals surface area contributed by atoms with Gasteiger partial charge in [0.15, 0.2) is 0 Å². The molecule has 1 unspecified atom stereocenters. The molecular weight excluding hydrogens is 318 g/mol. The van der Waals surface area contributed by atoms with Crippen LogP contribution in [-0.2, 0) is 16.1 Å². The minimum absolute atomic E-state index is 0.0467. The van der Waals surface area contributed by atoms with Gasteiger partial charge in [-0.2, -0.15) is 0 Å². The van der Waals surface area contributed by atoms with Gasteiger partial charge in [-0.3, -0.25) is 14.6 Å². The van der Waals surface area contributed by atoms with Gasteiger partial charge in [0.2, 0.25) is 11.8 Å². The number of carbonyl (C=O) groups excluding carboxylic acids is 2. The number of aliphatic hydroxyl groups is 1. The maximum atomic E-state index is 13.1. The highest BCUT2D eigenvalue weighted by atomic mass is 16.3. The fourth-order valence-corrected chi connectivity index (χ4v) is 4.50. The van der Waals surface area contributed by atoms with Crippen molar-refractivity contribution in [1.29, 1.82) is 0 Å². The molecule has 3 heterocycles. The SMILES string of the molecule is O=C(C1CC(O)C1)N1CCCC2(CCN(Cc3ccncc3)C2=O)C1. The van der Waals surface area contributed by atoms with Crippen molar-refractivity contribution in [3.05, 3.63) is 30.1 Å². The predicted molar refractivity (Wildman–Crippen MR) is 91.2 cm³/mol. The minimum Gasteiger partial charge on any atom is -0.393 e. The monoisotopic (exact) mass is 343 g/mol. The molecule has 1 aliphatic carbocycles. The highest BCUT2D eigenvalue weighted by molar-refractivity contribution is 5.87. The van der Waals surface area contributed by atoms with Gasteiger partial charge >= 0.3 is 0 Å². The zero-order valence-electron chi connectivity index (χ0n) is 14.4. The second-order valence-corrected chi connectivity index (χ2v) is 7.80. The molecule has 134 valence electrons. The van der Waals surface area contributed by atoms with Crippen LogP contribution in [0, 0.1) is 11.3 Å². The molecular formula is C19H25N3O3. The van der Waals surface area contributed by atoms with E-state index in [1.807, 2.05) is 21.9 Å². The molecule has 0 aromatic carbocycles. The van der Waals surface area contributed by atoms with E-state index in [4.69, 9.17) is 0 Å². The Morgan fingerprint density at radius 2 is 2.00 bits per heavy atom. The Morgan fingerprint density at radius 1 is 1.24 bits per heavy atom. The van der Waals surface area contributed by atoms with E-state index in [0.717, 1.165) is 37.9 Å². The lowest BCUT2D eigenvalue weighted by Gasteiger charge is -2.42. The van der Waals surface area contributed by atoms with Gasteiger partial charge in [0.1, 0.15) is 0 Å². The molecule has 1 N–H and O–H groups in total. The molecule has 1 aromatic rings. The summed E-state index contributed by atoms with van der Waals surface area (Å²) in [6, 6.07) is 3.88. The first-order valence-electron chi connectivity index (χ1n) is 9.22. The summed E-state index contributed by atoms with van der Waals surface area (Å²) in [6.07, 6.45) is 6.91. The number of carbonyl (C=O) groups is 2. The molecule has 1 saturated carbocycles. The molecule has 6 heteroatoms. The lowest BCUT2D eigenvalue weighted by atomic mass is 9.76. The molecule has 25 heavy (non-hydrogen) atoms. The van der Waals surface area contributed by atoms with E-state index in [1.165, 1.54) is 0 Å². The molecule has 0 radical (unpaired) electrons. The third-order valence-electron chi connectivity index (χ3n) is 6.07. The first-order chi connectivity index (χ1) is 12.1. The van der Waals surface area contributed by atoms with Crippen molar-refractivity contribution in [2.24, 2.45) is 11.3 Å². The van der Waals surface area contributed by atoms with E-state index in [1.54, 1.807) is 12.4 Å². The summed E-state index contributed by atoms with van der Waals surface area (Å²) < 4.78 is 0. The van der Waals surface area contributed by atoms with Crippen LogP contribution in [0.3, 0.4) is 0 Å². The summed E-state index contributed by atoms with van der Waals surface area (Å²) in [5, 5.41) is 9.45. The van der Waals surface area contributed by atoms with Gasteiger partial charge < -0.3 is 14.9 Å². The van der Waals surface area contributed by atoms with E-state index >= 15 is 0 Å². The average Bonchev–Trinajstić information content (AvgIpc) is 2.89. The normalized spacial score (nSPS) is 32.1. The van der Waals surface area contributed by atoms with Crippen molar-refractivity contribution < 1.29 is 14.7 Å². The second-order valence-electron chi connectivity index (χ2n) is 7.80. The Kier molecular flexibility index (Phi) is 4.23. The quantitative estimate of drug-likeness (QED) is 0.895. The fraction of sp³-hybridized carbons (Fsp3) is 0.632. The number of pyridine rings is 1. The average molecular weight is 343 g/mol. The molecule has 3 fully saturated rings. The molecule has 2 amide bonds. The summed E-state index contributed by atoms with van der Waals surface area (Å²) in [6.45, 7) is 2.66. The van der Waals surface area contributed by atoms with Gasteiger partial charge in [0.25, 0.3) is 0 Å². The Labute approximate surface area is 147 Å². The summed E-state index contributed by atoms with van der Waals surface area (Å²) in [7, 11) is 0.